The van der Waals surface area contributed by atoms with Gasteiger partial charge in [0, 0.05) is 29.5 Å². The summed E-state index contributed by atoms with van der Waals surface area (Å²) < 4.78 is 23.5. The zero-order valence-corrected chi connectivity index (χ0v) is 15.5. The quantitative estimate of drug-likeness (QED) is 0.776. The molecule has 5 rings (SSSR count). The highest BCUT2D eigenvalue weighted by atomic mass is 16.7. The van der Waals surface area contributed by atoms with Gasteiger partial charge in [-0.1, -0.05) is 0 Å². The lowest BCUT2D eigenvalue weighted by atomic mass is 9.81. The summed E-state index contributed by atoms with van der Waals surface area (Å²) >= 11 is 0. The minimum atomic E-state index is 0.322. The van der Waals surface area contributed by atoms with Crippen molar-refractivity contribution in [3.05, 3.63) is 46.5 Å². The number of quaternary nitrogens is 1. The van der Waals surface area contributed by atoms with Gasteiger partial charge in [0.2, 0.25) is 6.79 Å². The SMILES string of the molecule is COc1ccc2c(c1OC)C[C@H]1c3cc4c(cc3CC[N@+]1(C)C2)OCO4. The van der Waals surface area contributed by atoms with Crippen molar-refractivity contribution in [3.8, 4) is 23.0 Å². The Morgan fingerprint density at radius 3 is 2.62 bits per heavy atom. The van der Waals surface area contributed by atoms with Crippen LogP contribution in [0.2, 0.25) is 0 Å². The van der Waals surface area contributed by atoms with Crippen LogP contribution in [0, 0.1) is 0 Å². The lowest BCUT2D eigenvalue weighted by Crippen LogP contribution is -2.53. The molecule has 0 radical (unpaired) electrons. The maximum absolute atomic E-state index is 5.73. The van der Waals surface area contributed by atoms with Crippen molar-refractivity contribution >= 4 is 0 Å². The summed E-state index contributed by atoms with van der Waals surface area (Å²) in [6, 6.07) is 9.00. The monoisotopic (exact) mass is 354 g/mol. The molecule has 2 atom stereocenters. The molecule has 2 aromatic carbocycles. The number of hydrogen-bond donors (Lipinski definition) is 0. The van der Waals surface area contributed by atoms with Crippen molar-refractivity contribution in [2.75, 3.05) is 34.6 Å². The van der Waals surface area contributed by atoms with Crippen LogP contribution in [-0.4, -0.2) is 39.1 Å². The molecule has 5 heteroatoms. The van der Waals surface area contributed by atoms with Crippen molar-refractivity contribution in [2.45, 2.75) is 25.4 Å². The van der Waals surface area contributed by atoms with E-state index in [4.69, 9.17) is 18.9 Å². The Bertz CT molecular complexity index is 894. The number of hydrogen-bond acceptors (Lipinski definition) is 4. The third-order valence-corrected chi connectivity index (χ3v) is 6.31. The third-order valence-electron chi connectivity index (χ3n) is 6.31. The Morgan fingerprint density at radius 2 is 1.85 bits per heavy atom. The summed E-state index contributed by atoms with van der Waals surface area (Å²) in [5, 5.41) is 0. The molecular weight excluding hydrogens is 330 g/mol. The van der Waals surface area contributed by atoms with E-state index in [9.17, 15) is 0 Å². The number of methoxy groups -OCH3 is 2. The predicted molar refractivity (Wildman–Crippen MR) is 97.0 cm³/mol. The number of nitrogens with zero attached hydrogens (tertiary/aromatic N) is 1. The van der Waals surface area contributed by atoms with Crippen molar-refractivity contribution in [1.82, 2.24) is 0 Å². The maximum atomic E-state index is 5.73. The lowest BCUT2D eigenvalue weighted by Gasteiger charge is -2.49. The van der Waals surface area contributed by atoms with Crippen LogP contribution in [0.4, 0.5) is 0 Å². The second-order valence-corrected chi connectivity index (χ2v) is 7.67. The molecule has 0 aromatic heterocycles. The number of fused-ring (bicyclic) bond motifs is 5. The van der Waals surface area contributed by atoms with E-state index in [1.807, 2.05) is 6.07 Å². The van der Waals surface area contributed by atoms with Gasteiger partial charge in [-0.15, -0.1) is 0 Å². The van der Waals surface area contributed by atoms with E-state index in [2.05, 4.69) is 25.2 Å². The number of benzene rings is 2. The fourth-order valence-corrected chi connectivity index (χ4v) is 4.90. The van der Waals surface area contributed by atoms with E-state index < -0.39 is 0 Å². The largest absolute Gasteiger partial charge is 0.493 e. The average molecular weight is 354 g/mol. The van der Waals surface area contributed by atoms with Crippen LogP contribution < -0.4 is 18.9 Å². The highest BCUT2D eigenvalue weighted by Gasteiger charge is 2.44. The average Bonchev–Trinajstić information content (AvgIpc) is 3.11. The molecule has 0 N–H and O–H groups in total. The highest BCUT2D eigenvalue weighted by Crippen LogP contribution is 2.49. The lowest BCUT2D eigenvalue weighted by molar-refractivity contribution is -0.956. The smallest absolute Gasteiger partial charge is 0.231 e. The fourth-order valence-electron chi connectivity index (χ4n) is 4.90. The maximum Gasteiger partial charge on any atom is 0.231 e. The number of likely N-dealkylation sites (N-methyl/N-ethyl adjacent to an activating group) is 1. The Balaban J connectivity index is 1.64. The van der Waals surface area contributed by atoms with Gasteiger partial charge in [-0.2, -0.15) is 0 Å². The van der Waals surface area contributed by atoms with Gasteiger partial charge in [0.1, 0.15) is 12.6 Å². The first-order valence-corrected chi connectivity index (χ1v) is 9.12. The molecule has 136 valence electrons. The van der Waals surface area contributed by atoms with E-state index in [0.717, 1.165) is 53.4 Å². The molecule has 3 aliphatic heterocycles. The minimum Gasteiger partial charge on any atom is -0.493 e. The van der Waals surface area contributed by atoms with Crippen molar-refractivity contribution in [2.24, 2.45) is 0 Å². The first-order chi connectivity index (χ1) is 12.6. The molecule has 3 heterocycles. The van der Waals surface area contributed by atoms with Gasteiger partial charge >= 0.3 is 0 Å². The van der Waals surface area contributed by atoms with Crippen molar-refractivity contribution in [3.63, 3.8) is 0 Å². The number of rotatable bonds is 2. The molecule has 0 fully saturated rings. The van der Waals surface area contributed by atoms with Gasteiger partial charge in [0.25, 0.3) is 0 Å². The summed E-state index contributed by atoms with van der Waals surface area (Å²) in [4.78, 5) is 0. The minimum absolute atomic E-state index is 0.322. The molecule has 0 saturated heterocycles. The molecule has 0 amide bonds. The summed E-state index contributed by atoms with van der Waals surface area (Å²) in [5.74, 6) is 3.45. The topological polar surface area (TPSA) is 36.9 Å². The van der Waals surface area contributed by atoms with Crippen LogP contribution in [0.15, 0.2) is 24.3 Å². The van der Waals surface area contributed by atoms with Crippen LogP contribution in [0.1, 0.15) is 28.3 Å². The molecule has 0 unspecified atom stereocenters. The fraction of sp³-hybridized carbons (Fsp3) is 0.429. The first kappa shape index (κ1) is 15.8. The van der Waals surface area contributed by atoms with Crippen LogP contribution >= 0.6 is 0 Å². The van der Waals surface area contributed by atoms with E-state index in [0.29, 0.717) is 12.8 Å². The molecule has 2 aromatic rings. The molecule has 0 saturated carbocycles. The Morgan fingerprint density at radius 1 is 1.04 bits per heavy atom. The summed E-state index contributed by atoms with van der Waals surface area (Å²) in [6.45, 7) is 2.46. The molecule has 0 aliphatic carbocycles. The van der Waals surface area contributed by atoms with Gasteiger partial charge in [-0.3, -0.25) is 0 Å². The van der Waals surface area contributed by atoms with Gasteiger partial charge in [0.05, 0.1) is 27.8 Å². The zero-order valence-electron chi connectivity index (χ0n) is 15.5. The Kier molecular flexibility index (Phi) is 3.38. The second-order valence-electron chi connectivity index (χ2n) is 7.67. The van der Waals surface area contributed by atoms with Crippen molar-refractivity contribution in [1.29, 1.82) is 0 Å². The van der Waals surface area contributed by atoms with E-state index in [-0.39, 0.29) is 0 Å². The van der Waals surface area contributed by atoms with Gasteiger partial charge in [-0.25, -0.2) is 0 Å². The van der Waals surface area contributed by atoms with E-state index in [1.54, 1.807) is 14.2 Å². The Hall–Kier alpha value is -2.40. The van der Waals surface area contributed by atoms with Crippen LogP contribution in [0.5, 0.6) is 23.0 Å². The van der Waals surface area contributed by atoms with Crippen molar-refractivity contribution < 1.29 is 23.4 Å². The first-order valence-electron chi connectivity index (χ1n) is 9.12. The second kappa shape index (κ2) is 5.55. The molecule has 26 heavy (non-hydrogen) atoms. The van der Waals surface area contributed by atoms with E-state index in [1.165, 1.54) is 22.3 Å². The van der Waals surface area contributed by atoms with Gasteiger partial charge in [-0.05, 0) is 29.8 Å². The standard InChI is InChI=1S/C21H24NO4/c1-22-7-6-13-8-19-20(26-12-25-19)10-15(13)17(22)9-16-14(11-22)4-5-18(23-2)21(16)24-3/h4-5,8,10,17H,6-7,9,11-12H2,1-3H3/q+1/t17-,22+/m0/s1. The van der Waals surface area contributed by atoms with Crippen LogP contribution in [0.25, 0.3) is 0 Å². The molecule has 0 spiro atoms. The Labute approximate surface area is 153 Å². The predicted octanol–water partition coefficient (Wildman–Crippen LogP) is 3.23. The number of ether oxygens (including phenoxy) is 4. The van der Waals surface area contributed by atoms with Crippen LogP contribution in [0.3, 0.4) is 0 Å². The molecule has 0 bridgehead atoms. The van der Waals surface area contributed by atoms with Gasteiger partial charge in [0.15, 0.2) is 23.0 Å². The van der Waals surface area contributed by atoms with E-state index >= 15 is 0 Å². The van der Waals surface area contributed by atoms with Gasteiger partial charge < -0.3 is 23.4 Å². The highest BCUT2D eigenvalue weighted by molar-refractivity contribution is 5.54. The summed E-state index contributed by atoms with van der Waals surface area (Å²) in [7, 11) is 5.80. The third kappa shape index (κ3) is 2.13. The molecular formula is C21H24NO4+. The summed E-state index contributed by atoms with van der Waals surface area (Å²) in [6.07, 6.45) is 2.01. The molecule has 5 nitrogen and oxygen atoms in total. The normalized spacial score (nSPS) is 25.1. The zero-order chi connectivity index (χ0) is 17.9. The van der Waals surface area contributed by atoms with Crippen LogP contribution in [-0.2, 0) is 19.4 Å². The molecule has 3 aliphatic rings. The summed E-state index contributed by atoms with van der Waals surface area (Å²) in [5.41, 5.74) is 5.42.